The van der Waals surface area contributed by atoms with E-state index in [0.717, 1.165) is 12.0 Å². The zero-order valence-corrected chi connectivity index (χ0v) is 12.4. The predicted molar refractivity (Wildman–Crippen MR) is 82.5 cm³/mol. The minimum atomic E-state index is -0.169. The Morgan fingerprint density at radius 2 is 1.60 bits per heavy atom. The first-order valence-corrected chi connectivity index (χ1v) is 7.19. The van der Waals surface area contributed by atoms with Crippen LogP contribution >= 0.6 is 0 Å². The van der Waals surface area contributed by atoms with Crippen LogP contribution in [0.15, 0.2) is 48.5 Å². The van der Waals surface area contributed by atoms with Gasteiger partial charge in [0.05, 0.1) is 6.04 Å². The summed E-state index contributed by atoms with van der Waals surface area (Å²) in [6.45, 7) is 4.41. The standard InChI is InChI=1S/C18H22FN/c1-4-13(2)14-9-11-15(12-10-14)18(20-3)16-7-5-6-8-17(16)19/h5-13,18,20H,4H2,1-3H3. The molecule has 0 amide bonds. The van der Waals surface area contributed by atoms with E-state index in [4.69, 9.17) is 0 Å². The molecule has 0 fully saturated rings. The van der Waals surface area contributed by atoms with Crippen LogP contribution in [0, 0.1) is 5.82 Å². The number of hydrogen-bond donors (Lipinski definition) is 1. The highest BCUT2D eigenvalue weighted by Gasteiger charge is 2.15. The predicted octanol–water partition coefficient (Wildman–Crippen LogP) is 4.65. The molecule has 106 valence electrons. The third kappa shape index (κ3) is 3.07. The van der Waals surface area contributed by atoms with E-state index < -0.39 is 0 Å². The van der Waals surface area contributed by atoms with E-state index in [9.17, 15) is 4.39 Å². The number of hydrogen-bond acceptors (Lipinski definition) is 1. The van der Waals surface area contributed by atoms with E-state index >= 15 is 0 Å². The first-order valence-electron chi connectivity index (χ1n) is 7.19. The monoisotopic (exact) mass is 271 g/mol. The van der Waals surface area contributed by atoms with Crippen molar-refractivity contribution in [2.24, 2.45) is 0 Å². The van der Waals surface area contributed by atoms with Gasteiger partial charge in [0.15, 0.2) is 0 Å². The van der Waals surface area contributed by atoms with Gasteiger partial charge in [0.25, 0.3) is 0 Å². The molecule has 2 unspecified atom stereocenters. The van der Waals surface area contributed by atoms with E-state index in [1.165, 1.54) is 11.6 Å². The molecule has 0 radical (unpaired) electrons. The molecule has 0 aromatic heterocycles. The molecule has 0 saturated heterocycles. The minimum absolute atomic E-state index is 0.109. The van der Waals surface area contributed by atoms with Crippen molar-refractivity contribution in [1.82, 2.24) is 5.32 Å². The van der Waals surface area contributed by atoms with Crippen LogP contribution in [-0.2, 0) is 0 Å². The van der Waals surface area contributed by atoms with Crippen molar-refractivity contribution < 1.29 is 4.39 Å². The molecule has 2 aromatic carbocycles. The van der Waals surface area contributed by atoms with Crippen molar-refractivity contribution in [3.05, 3.63) is 71.0 Å². The van der Waals surface area contributed by atoms with E-state index in [0.29, 0.717) is 11.5 Å². The molecule has 0 aliphatic rings. The third-order valence-electron chi connectivity index (χ3n) is 3.96. The van der Waals surface area contributed by atoms with Gasteiger partial charge in [-0.2, -0.15) is 0 Å². The average molecular weight is 271 g/mol. The second-order valence-corrected chi connectivity index (χ2v) is 5.22. The fourth-order valence-electron chi connectivity index (χ4n) is 2.46. The Bertz CT molecular complexity index is 548. The molecule has 0 bridgehead atoms. The van der Waals surface area contributed by atoms with Gasteiger partial charge in [-0.3, -0.25) is 0 Å². The average Bonchev–Trinajstić information content (AvgIpc) is 2.50. The van der Waals surface area contributed by atoms with E-state index in [1.807, 2.05) is 19.2 Å². The molecule has 1 N–H and O–H groups in total. The highest BCUT2D eigenvalue weighted by molar-refractivity contribution is 5.35. The molecule has 0 saturated carbocycles. The summed E-state index contributed by atoms with van der Waals surface area (Å²) in [5.74, 6) is 0.392. The Morgan fingerprint density at radius 3 is 2.15 bits per heavy atom. The van der Waals surface area contributed by atoms with Crippen molar-refractivity contribution in [3.63, 3.8) is 0 Å². The van der Waals surface area contributed by atoms with E-state index in [2.05, 4.69) is 43.4 Å². The van der Waals surface area contributed by atoms with Crippen molar-refractivity contribution in [1.29, 1.82) is 0 Å². The second kappa shape index (κ2) is 6.67. The van der Waals surface area contributed by atoms with Crippen LogP contribution in [0.25, 0.3) is 0 Å². The van der Waals surface area contributed by atoms with Crippen LogP contribution in [0.3, 0.4) is 0 Å². The Morgan fingerprint density at radius 1 is 1.00 bits per heavy atom. The van der Waals surface area contributed by atoms with Crippen LogP contribution in [-0.4, -0.2) is 7.05 Å². The molecule has 2 atom stereocenters. The van der Waals surface area contributed by atoms with Crippen LogP contribution in [0.4, 0.5) is 4.39 Å². The fourth-order valence-corrected chi connectivity index (χ4v) is 2.46. The first-order chi connectivity index (χ1) is 9.67. The van der Waals surface area contributed by atoms with Crippen molar-refractivity contribution in [2.75, 3.05) is 7.05 Å². The van der Waals surface area contributed by atoms with E-state index in [1.54, 1.807) is 6.07 Å². The first kappa shape index (κ1) is 14.7. The molecule has 0 heterocycles. The fraction of sp³-hybridized carbons (Fsp3) is 0.333. The SMILES string of the molecule is CCC(C)c1ccc(C(NC)c2ccccc2F)cc1. The maximum atomic E-state index is 13.9. The lowest BCUT2D eigenvalue weighted by Crippen LogP contribution is -2.18. The number of benzene rings is 2. The van der Waals surface area contributed by atoms with Gasteiger partial charge in [-0.1, -0.05) is 56.3 Å². The van der Waals surface area contributed by atoms with Gasteiger partial charge in [0.2, 0.25) is 0 Å². The van der Waals surface area contributed by atoms with Gasteiger partial charge >= 0.3 is 0 Å². The van der Waals surface area contributed by atoms with Crippen LogP contribution in [0.2, 0.25) is 0 Å². The van der Waals surface area contributed by atoms with Crippen LogP contribution in [0.1, 0.15) is 48.9 Å². The lowest BCUT2D eigenvalue weighted by atomic mass is 9.93. The van der Waals surface area contributed by atoms with Gasteiger partial charge < -0.3 is 5.32 Å². The Labute approximate surface area is 120 Å². The van der Waals surface area contributed by atoms with Crippen molar-refractivity contribution in [3.8, 4) is 0 Å². The zero-order valence-electron chi connectivity index (χ0n) is 12.4. The Kier molecular flexibility index (Phi) is 4.91. The van der Waals surface area contributed by atoms with Gasteiger partial charge in [0, 0.05) is 5.56 Å². The summed E-state index contributed by atoms with van der Waals surface area (Å²) in [6.07, 6.45) is 1.13. The second-order valence-electron chi connectivity index (χ2n) is 5.22. The van der Waals surface area contributed by atoms with E-state index in [-0.39, 0.29) is 11.9 Å². The number of halogens is 1. The number of rotatable bonds is 5. The molecule has 20 heavy (non-hydrogen) atoms. The smallest absolute Gasteiger partial charge is 0.128 e. The molecule has 2 rings (SSSR count). The Balaban J connectivity index is 2.31. The largest absolute Gasteiger partial charge is 0.309 e. The Hall–Kier alpha value is -1.67. The molecular formula is C18H22FN. The summed E-state index contributed by atoms with van der Waals surface area (Å²) in [5.41, 5.74) is 3.11. The lowest BCUT2D eigenvalue weighted by molar-refractivity contribution is 0.576. The quantitative estimate of drug-likeness (QED) is 0.834. The normalized spacial score (nSPS) is 14.0. The summed E-state index contributed by atoms with van der Waals surface area (Å²) in [4.78, 5) is 0. The highest BCUT2D eigenvalue weighted by atomic mass is 19.1. The lowest BCUT2D eigenvalue weighted by Gasteiger charge is -2.19. The number of nitrogens with one attached hydrogen (secondary N) is 1. The van der Waals surface area contributed by atoms with Crippen molar-refractivity contribution in [2.45, 2.75) is 32.2 Å². The molecule has 0 aliphatic carbocycles. The third-order valence-corrected chi connectivity index (χ3v) is 3.96. The summed E-state index contributed by atoms with van der Waals surface area (Å²) in [7, 11) is 1.86. The topological polar surface area (TPSA) is 12.0 Å². The molecule has 0 spiro atoms. The van der Waals surface area contributed by atoms with Crippen molar-refractivity contribution >= 4 is 0 Å². The molecular weight excluding hydrogens is 249 g/mol. The molecule has 1 nitrogen and oxygen atoms in total. The van der Waals surface area contributed by atoms with Crippen LogP contribution < -0.4 is 5.32 Å². The maximum absolute atomic E-state index is 13.9. The molecule has 0 aliphatic heterocycles. The molecule has 2 heteroatoms. The maximum Gasteiger partial charge on any atom is 0.128 e. The summed E-state index contributed by atoms with van der Waals surface area (Å²) in [5, 5.41) is 3.20. The summed E-state index contributed by atoms with van der Waals surface area (Å²) >= 11 is 0. The zero-order chi connectivity index (χ0) is 14.5. The van der Waals surface area contributed by atoms with Gasteiger partial charge in [-0.25, -0.2) is 4.39 Å². The summed E-state index contributed by atoms with van der Waals surface area (Å²) < 4.78 is 13.9. The van der Waals surface area contributed by atoms with Gasteiger partial charge in [-0.05, 0) is 36.6 Å². The highest BCUT2D eigenvalue weighted by Crippen LogP contribution is 2.26. The molecule has 2 aromatic rings. The minimum Gasteiger partial charge on any atom is -0.309 e. The van der Waals surface area contributed by atoms with Gasteiger partial charge in [-0.15, -0.1) is 0 Å². The van der Waals surface area contributed by atoms with Gasteiger partial charge in [0.1, 0.15) is 5.82 Å². The summed E-state index contributed by atoms with van der Waals surface area (Å²) in [6, 6.07) is 15.3. The van der Waals surface area contributed by atoms with Crippen LogP contribution in [0.5, 0.6) is 0 Å².